The monoisotopic (exact) mass is 2010 g/mol. The van der Waals surface area contributed by atoms with E-state index in [1.165, 1.54) is 19.3 Å². The van der Waals surface area contributed by atoms with Gasteiger partial charge in [-0.05, 0) is 103 Å². The lowest BCUT2D eigenvalue weighted by Gasteiger charge is -2.48. The van der Waals surface area contributed by atoms with Crippen LogP contribution in [-0.2, 0) is 94.4 Å². The summed E-state index contributed by atoms with van der Waals surface area (Å²) in [6, 6.07) is -4.30. The lowest BCUT2D eigenvalue weighted by Crippen LogP contribution is -2.68. The van der Waals surface area contributed by atoms with Crippen molar-refractivity contribution in [1.82, 2.24) is 10.6 Å². The molecule has 3 saturated heterocycles. The minimum Gasteiger partial charge on any atom is -0.477 e. The van der Waals surface area contributed by atoms with Crippen molar-refractivity contribution in [2.45, 2.75) is 536 Å². The summed E-state index contributed by atoms with van der Waals surface area (Å²) in [5, 5.41) is 94.9. The van der Waals surface area contributed by atoms with Gasteiger partial charge in [-0.3, -0.25) is 37.8 Å². The van der Waals surface area contributed by atoms with Crippen LogP contribution in [0.4, 0.5) is 0 Å². The largest absolute Gasteiger partial charge is 0.477 e. The molecule has 14 N–H and O–H groups in total. The zero-order chi connectivity index (χ0) is 102. The van der Waals surface area contributed by atoms with Gasteiger partial charge in [0.05, 0.1) is 63.8 Å². The first-order chi connectivity index (χ1) is 66.3. The predicted octanol–water partition coefficient (Wildman–Crippen LogP) is 17.4. The first kappa shape index (κ1) is 127. The second-order valence-corrected chi connectivity index (χ2v) is 40.2. The van der Waals surface area contributed by atoms with Gasteiger partial charge in [0.1, 0.15) is 67.0 Å². The SMILES string of the molecule is CC/C=C/CCCCCCC[C@@H](O)CC(=O)N[C@H]1[C@@H](OP(=O)(O)O)O[C@H](CO[C@@H]2O[C@H](CO[C@]3(C(=O)O)C[C@@H](O)[C@@H](O)[C@@H]([C@H](O)CO)O3)[C@@H](OP(=O)(O)O)[C@H](OC(=O)C[C@@H](CCC/C=C/CCCCCC)OC(=O)CCCCCCCCCCCCC)[C@H]2NC(=O)C[C@@H](C/C=C/CCCCCCCC)OC(=O)CCCCCCCCCCC)[C@@H](O)[C@@H]1OC(=O)C[C@H](O)C/C=C/CCCCCCCC. The highest BCUT2D eigenvalue weighted by molar-refractivity contribution is 7.46. The number of hydrogen-bond acceptors (Lipinski definition) is 27. The molecule has 0 radical (unpaired) electrons. The number of hydrogen-bond donors (Lipinski definition) is 14. The van der Waals surface area contributed by atoms with E-state index in [9.17, 15) is 93.5 Å². The Kier molecular flexibility index (Phi) is 71.4. The van der Waals surface area contributed by atoms with E-state index in [1.54, 1.807) is 12.2 Å². The third-order valence-corrected chi connectivity index (χ3v) is 26.2. The highest BCUT2D eigenvalue weighted by atomic mass is 31.2. The van der Waals surface area contributed by atoms with E-state index in [-0.39, 0.29) is 38.5 Å². The summed E-state index contributed by atoms with van der Waals surface area (Å²) in [5.41, 5.74) is 0. The molecule has 0 bridgehead atoms. The number of carboxylic acid groups (broad SMARTS) is 1. The summed E-state index contributed by atoms with van der Waals surface area (Å²) >= 11 is 0. The first-order valence-electron chi connectivity index (χ1n) is 52.9. The molecule has 0 aromatic rings. The zero-order valence-corrected chi connectivity index (χ0v) is 86.1. The van der Waals surface area contributed by atoms with E-state index in [4.69, 9.17) is 51.7 Å². The molecule has 0 aliphatic carbocycles. The number of phosphoric acid groups is 2. The summed E-state index contributed by atoms with van der Waals surface area (Å²) < 4.78 is 93.3. The Morgan fingerprint density at radius 2 is 0.826 bits per heavy atom. The van der Waals surface area contributed by atoms with E-state index >= 15 is 9.59 Å². The molecule has 0 unspecified atom stereocenters. The molecule has 0 spiro atoms. The number of aliphatic hydroxyl groups is 7. The van der Waals surface area contributed by atoms with Crippen LogP contribution in [0.25, 0.3) is 0 Å². The highest BCUT2D eigenvalue weighted by Crippen LogP contribution is 2.45. The van der Waals surface area contributed by atoms with E-state index in [2.05, 4.69) is 57.4 Å². The first-order valence-corrected chi connectivity index (χ1v) is 55.9. The number of rotatable bonds is 85. The van der Waals surface area contributed by atoms with Gasteiger partial charge in [0, 0.05) is 25.7 Å². The molecule has 3 aliphatic heterocycles. The molecule has 36 heteroatoms. The summed E-state index contributed by atoms with van der Waals surface area (Å²) in [5.74, 6) is -11.2. The lowest BCUT2D eigenvalue weighted by molar-refractivity contribution is -0.340. The number of esters is 4. The maximum Gasteiger partial charge on any atom is 0.472 e. The van der Waals surface area contributed by atoms with Gasteiger partial charge in [0.25, 0.3) is 5.79 Å². The molecule has 3 fully saturated rings. The van der Waals surface area contributed by atoms with Gasteiger partial charge in [-0.15, -0.1) is 0 Å². The van der Waals surface area contributed by atoms with Crippen LogP contribution in [-0.4, -0.2) is 238 Å². The molecule has 19 atom stereocenters. The number of carbonyl (C=O) groups is 7. The molecule has 0 aromatic carbocycles. The van der Waals surface area contributed by atoms with Gasteiger partial charge in [-0.2, -0.15) is 0 Å². The number of unbranched alkanes of at least 4 members (excludes halogenated alkanes) is 40. The summed E-state index contributed by atoms with van der Waals surface area (Å²) in [6.07, 6.45) is 23.2. The minimum atomic E-state index is -6.05. The van der Waals surface area contributed by atoms with Crippen molar-refractivity contribution in [3.8, 4) is 0 Å². The summed E-state index contributed by atoms with van der Waals surface area (Å²) in [7, 11) is -11.9. The topological polar surface area (TPSA) is 522 Å². The van der Waals surface area contributed by atoms with Crippen LogP contribution in [0.3, 0.4) is 0 Å². The third kappa shape index (κ3) is 58.8. The fraction of sp³-hybridized carbons (Fsp3) is 0.853. The number of amides is 2. The number of carboxylic acids is 1. The normalized spacial score (nSPS) is 23.3. The van der Waals surface area contributed by atoms with Crippen molar-refractivity contribution >= 4 is 57.3 Å². The number of allylic oxidation sites excluding steroid dienone is 6. The molecular formula is C102H182N2O32P2. The van der Waals surface area contributed by atoms with Crippen molar-refractivity contribution in [3.05, 3.63) is 48.6 Å². The lowest BCUT2D eigenvalue weighted by atomic mass is 9.92. The third-order valence-electron chi connectivity index (χ3n) is 25.2. The second-order valence-electron chi connectivity index (χ2n) is 37.8. The minimum absolute atomic E-state index is 0.0326. The predicted molar refractivity (Wildman–Crippen MR) is 524 cm³/mol. The van der Waals surface area contributed by atoms with Crippen LogP contribution in [0.15, 0.2) is 48.6 Å². The molecule has 802 valence electrons. The van der Waals surface area contributed by atoms with Gasteiger partial charge >= 0.3 is 45.5 Å². The Morgan fingerprint density at radius 3 is 1.31 bits per heavy atom. The molecular weight excluding hydrogens is 1830 g/mol. The summed E-state index contributed by atoms with van der Waals surface area (Å²) in [6.45, 7) is 8.94. The number of nitrogens with one attached hydrogen (secondary N) is 2. The number of phosphoric ester groups is 2. The Labute approximate surface area is 823 Å². The molecule has 3 aliphatic rings. The number of carbonyl (C=O) groups excluding carboxylic acids is 6. The van der Waals surface area contributed by atoms with Crippen LogP contribution < -0.4 is 10.6 Å². The van der Waals surface area contributed by atoms with Gasteiger partial charge < -0.3 is 114 Å². The summed E-state index contributed by atoms with van der Waals surface area (Å²) in [4.78, 5) is 145. The molecule has 0 aromatic heterocycles. The maximum atomic E-state index is 15.5. The highest BCUT2D eigenvalue weighted by Gasteiger charge is 2.59. The smallest absolute Gasteiger partial charge is 0.472 e. The Bertz CT molecular complexity index is 3440. The standard InChI is InChI=1S/C102H182N2O32P2/c1-7-13-19-25-31-37-38-44-50-56-62-68-88(113)129-80(66-60-54-48-42-35-29-23-17-11-5)72-90(115)133-98-92(104-86(111)71-79(65-59-53-47-41-34-28-22-16-10-4)128-87(112)67-61-55-49-43-36-30-24-18-12-6)99(131-84(96(98)135-137(120,121)122)76-127-102(101(118)119)73-81(108)93(116)95(134-102)82(109)74-105)126-75-83-94(117)97(132-89(114)70-78(107)64-58-52-46-40-33-27-21-15-9-3)91(100(130-83)136-138(123,124)125)103-85(110)69-77(106)63-57-51-45-39-32-26-20-14-8-2/h14,20,42,48,52-53,58-59,77-84,91-100,105-109,116-117H,7-13,15-19,21-41,43-47,49-51,54-57,60-76H2,1-6H3,(H,103,110)(H,104,111)(H,118,119)(H2,120,121,122)(H2,123,124,125)/b20-14+,48-42+,58-52+,59-53+/t77-,78-,79-,80-,81-,82-,83-,84-,91-,92-,93-,94-,95-,96-,97-,98-,99-,100-,102-/m1/s1. The van der Waals surface area contributed by atoms with Gasteiger partial charge in [0.15, 0.2) is 24.8 Å². The van der Waals surface area contributed by atoms with Crippen LogP contribution in [0.5, 0.6) is 0 Å². The number of aliphatic carboxylic acids is 1. The van der Waals surface area contributed by atoms with E-state index in [0.717, 1.165) is 225 Å². The fourth-order valence-electron chi connectivity index (χ4n) is 17.3. The Morgan fingerprint density at radius 1 is 0.413 bits per heavy atom. The Hall–Kier alpha value is -5.01. The van der Waals surface area contributed by atoms with Crippen LogP contribution in [0.2, 0.25) is 0 Å². The van der Waals surface area contributed by atoms with Gasteiger partial charge in [0.2, 0.25) is 11.8 Å². The number of ether oxygens (including phenoxy) is 9. The average molecular weight is 2010 g/mol. The maximum absolute atomic E-state index is 15.5. The van der Waals surface area contributed by atoms with E-state index < -0.39 is 225 Å². The van der Waals surface area contributed by atoms with Crippen molar-refractivity contribution in [2.75, 3.05) is 19.8 Å². The van der Waals surface area contributed by atoms with Crippen molar-refractivity contribution in [1.29, 1.82) is 0 Å². The van der Waals surface area contributed by atoms with Crippen molar-refractivity contribution in [3.63, 3.8) is 0 Å². The van der Waals surface area contributed by atoms with E-state index in [1.807, 2.05) is 31.2 Å². The quantitative estimate of drug-likeness (QED) is 0.00884. The molecule has 3 heterocycles. The average Bonchev–Trinajstić information content (AvgIpc) is 0.765. The Balaban J connectivity index is 2.45. The van der Waals surface area contributed by atoms with Crippen LogP contribution in [0, 0.1) is 0 Å². The molecule has 2 amide bonds. The zero-order valence-electron chi connectivity index (χ0n) is 84.3. The number of aliphatic hydroxyl groups excluding tert-OH is 7. The molecule has 138 heavy (non-hydrogen) atoms. The second kappa shape index (κ2) is 77.5. The van der Waals surface area contributed by atoms with Gasteiger partial charge in [-0.25, -0.2) is 13.9 Å². The van der Waals surface area contributed by atoms with Gasteiger partial charge in [-0.1, -0.05) is 315 Å². The molecule has 3 rings (SSSR count). The van der Waals surface area contributed by atoms with Crippen LogP contribution >= 0.6 is 15.6 Å². The molecule has 34 nitrogen and oxygen atoms in total. The molecule has 0 saturated carbocycles. The van der Waals surface area contributed by atoms with E-state index in [0.29, 0.717) is 64.2 Å². The fourth-order valence-corrected chi connectivity index (χ4v) is 18.3. The van der Waals surface area contributed by atoms with Crippen molar-refractivity contribution in [2.24, 2.45) is 0 Å². The van der Waals surface area contributed by atoms with Crippen molar-refractivity contribution < 1.29 is 155 Å². The van der Waals surface area contributed by atoms with Crippen LogP contribution in [0.1, 0.15) is 420 Å².